The predicted molar refractivity (Wildman–Crippen MR) is 153 cm³/mol. The number of hydrogen-bond donors (Lipinski definition) is 0. The Morgan fingerprint density at radius 2 is 1.43 bits per heavy atom. The number of ether oxygens (including phenoxy) is 3. The summed E-state index contributed by atoms with van der Waals surface area (Å²) in [6.07, 6.45) is 0.739. The van der Waals surface area contributed by atoms with Crippen molar-refractivity contribution in [2.75, 3.05) is 18.1 Å². The number of esters is 1. The molecule has 0 radical (unpaired) electrons. The Bertz CT molecular complexity index is 1600. The number of hydrogen-bond acceptors (Lipinski definition) is 6. The summed E-state index contributed by atoms with van der Waals surface area (Å²) in [4.78, 5) is 41.0. The molecule has 0 unspecified atom stereocenters. The lowest BCUT2D eigenvalue weighted by atomic mass is 9.99. The first-order valence-electron chi connectivity index (χ1n) is 13.2. The number of halogens is 1. The second-order valence-corrected chi connectivity index (χ2v) is 9.70. The van der Waals surface area contributed by atoms with E-state index in [0.717, 1.165) is 16.9 Å². The summed E-state index contributed by atoms with van der Waals surface area (Å²) in [6.45, 7) is 4.54. The highest BCUT2D eigenvalue weighted by Crippen LogP contribution is 2.47. The molecule has 40 heavy (non-hydrogen) atoms. The average molecular weight is 558 g/mol. The maximum Gasteiger partial charge on any atom is 0.310 e. The van der Waals surface area contributed by atoms with Crippen LogP contribution in [0.5, 0.6) is 11.5 Å². The van der Waals surface area contributed by atoms with Crippen LogP contribution in [0.15, 0.2) is 72.8 Å². The van der Waals surface area contributed by atoms with Crippen LogP contribution in [0.25, 0.3) is 10.8 Å². The molecule has 8 heteroatoms. The Morgan fingerprint density at radius 1 is 0.800 bits per heavy atom. The molecule has 204 valence electrons. The molecule has 0 spiro atoms. The van der Waals surface area contributed by atoms with Gasteiger partial charge in [-0.1, -0.05) is 79.2 Å². The average Bonchev–Trinajstić information content (AvgIpc) is 3.21. The third kappa shape index (κ3) is 5.12. The van der Waals surface area contributed by atoms with Crippen LogP contribution in [-0.4, -0.2) is 31.0 Å². The van der Waals surface area contributed by atoms with Gasteiger partial charge in [0.05, 0.1) is 41.5 Å². The van der Waals surface area contributed by atoms with Crippen LogP contribution < -0.4 is 14.4 Å². The van der Waals surface area contributed by atoms with Crippen molar-refractivity contribution in [2.24, 2.45) is 0 Å². The number of anilines is 1. The second-order valence-electron chi connectivity index (χ2n) is 9.29. The zero-order chi connectivity index (χ0) is 28.2. The molecule has 1 aliphatic rings. The SMILES string of the molecule is CCCOc1c2c(c(OCc3ccccc3)c3ccccc13)C(=O)N(c1ccc(CC(=O)OCC)cc1Cl)C2=O. The normalized spacial score (nSPS) is 12.5. The van der Waals surface area contributed by atoms with E-state index in [-0.39, 0.29) is 41.5 Å². The third-order valence-electron chi connectivity index (χ3n) is 6.54. The van der Waals surface area contributed by atoms with Gasteiger partial charge in [0.2, 0.25) is 0 Å². The van der Waals surface area contributed by atoms with Gasteiger partial charge >= 0.3 is 5.97 Å². The molecule has 2 amide bonds. The lowest BCUT2D eigenvalue weighted by molar-refractivity contribution is -0.142. The van der Waals surface area contributed by atoms with E-state index in [1.54, 1.807) is 25.1 Å². The summed E-state index contributed by atoms with van der Waals surface area (Å²) in [5, 5.41) is 1.50. The lowest BCUT2D eigenvalue weighted by Crippen LogP contribution is -2.30. The number of nitrogens with zero attached hydrogens (tertiary/aromatic N) is 1. The molecule has 0 bridgehead atoms. The van der Waals surface area contributed by atoms with Crippen LogP contribution in [-0.2, 0) is 22.6 Å². The molecule has 0 aliphatic carbocycles. The van der Waals surface area contributed by atoms with Crippen molar-refractivity contribution in [1.29, 1.82) is 0 Å². The van der Waals surface area contributed by atoms with Crippen LogP contribution in [0, 0.1) is 0 Å². The van der Waals surface area contributed by atoms with Gasteiger partial charge in [0.1, 0.15) is 18.1 Å². The molecule has 0 fully saturated rings. The maximum atomic E-state index is 14.0. The van der Waals surface area contributed by atoms with Crippen LogP contribution in [0.3, 0.4) is 0 Å². The standard InChI is InChI=1S/C32H28ClNO6/c1-3-16-39-29-22-12-8-9-13-23(22)30(40-19-20-10-6-5-7-11-20)28-27(29)31(36)34(32(28)37)25-15-14-21(17-24(25)33)18-26(35)38-4-2/h5-15,17H,3-4,16,18-19H2,1-2H3. The summed E-state index contributed by atoms with van der Waals surface area (Å²) in [5.74, 6) is -0.849. The van der Waals surface area contributed by atoms with E-state index in [2.05, 4.69) is 0 Å². The molecular formula is C32H28ClNO6. The quantitative estimate of drug-likeness (QED) is 0.158. The molecule has 4 aromatic rings. The van der Waals surface area contributed by atoms with E-state index in [1.165, 1.54) is 0 Å². The summed E-state index contributed by atoms with van der Waals surface area (Å²) >= 11 is 6.59. The molecule has 0 aromatic heterocycles. The van der Waals surface area contributed by atoms with E-state index in [1.807, 2.05) is 61.5 Å². The number of rotatable bonds is 10. The van der Waals surface area contributed by atoms with E-state index in [9.17, 15) is 14.4 Å². The fourth-order valence-corrected chi connectivity index (χ4v) is 5.06. The van der Waals surface area contributed by atoms with Crippen molar-refractivity contribution in [3.63, 3.8) is 0 Å². The predicted octanol–water partition coefficient (Wildman–Crippen LogP) is 6.77. The van der Waals surface area contributed by atoms with Crippen LogP contribution in [0.2, 0.25) is 5.02 Å². The zero-order valence-corrected chi connectivity index (χ0v) is 23.0. The van der Waals surface area contributed by atoms with Crippen LogP contribution in [0.1, 0.15) is 52.1 Å². The Labute approximate surface area is 237 Å². The highest BCUT2D eigenvalue weighted by molar-refractivity contribution is 6.41. The van der Waals surface area contributed by atoms with Gasteiger partial charge in [0.15, 0.2) is 0 Å². The molecule has 7 nitrogen and oxygen atoms in total. The first-order chi connectivity index (χ1) is 19.4. The van der Waals surface area contributed by atoms with Crippen molar-refractivity contribution >= 4 is 45.8 Å². The number of imide groups is 1. The van der Waals surface area contributed by atoms with E-state index in [0.29, 0.717) is 34.4 Å². The number of fused-ring (bicyclic) bond motifs is 2. The maximum absolute atomic E-state index is 14.0. The molecule has 0 N–H and O–H groups in total. The van der Waals surface area contributed by atoms with Crippen molar-refractivity contribution in [2.45, 2.75) is 33.3 Å². The Kier molecular flexibility index (Phi) is 8.03. The van der Waals surface area contributed by atoms with Gasteiger partial charge in [-0.15, -0.1) is 0 Å². The van der Waals surface area contributed by atoms with E-state index >= 15 is 0 Å². The Balaban J connectivity index is 1.62. The topological polar surface area (TPSA) is 82.1 Å². The van der Waals surface area contributed by atoms with Crippen LogP contribution >= 0.6 is 11.6 Å². The van der Waals surface area contributed by atoms with Crippen molar-refractivity contribution in [3.05, 3.63) is 100 Å². The van der Waals surface area contributed by atoms with Crippen molar-refractivity contribution in [1.82, 2.24) is 0 Å². The second kappa shape index (κ2) is 11.8. The van der Waals surface area contributed by atoms with Gasteiger partial charge < -0.3 is 14.2 Å². The van der Waals surface area contributed by atoms with Crippen molar-refractivity contribution in [3.8, 4) is 11.5 Å². The van der Waals surface area contributed by atoms with Crippen molar-refractivity contribution < 1.29 is 28.6 Å². The largest absolute Gasteiger partial charge is 0.492 e. The third-order valence-corrected chi connectivity index (χ3v) is 6.84. The molecule has 0 saturated heterocycles. The fourth-order valence-electron chi connectivity index (χ4n) is 4.77. The smallest absolute Gasteiger partial charge is 0.310 e. The highest BCUT2D eigenvalue weighted by atomic mass is 35.5. The van der Waals surface area contributed by atoms with Gasteiger partial charge in [0, 0.05) is 10.8 Å². The number of amides is 2. The van der Waals surface area contributed by atoms with Gasteiger partial charge in [-0.3, -0.25) is 14.4 Å². The van der Waals surface area contributed by atoms with Gasteiger partial charge in [-0.2, -0.15) is 0 Å². The number of benzene rings is 4. The highest BCUT2D eigenvalue weighted by Gasteiger charge is 2.44. The zero-order valence-electron chi connectivity index (χ0n) is 22.2. The van der Waals surface area contributed by atoms with Crippen LogP contribution in [0.4, 0.5) is 5.69 Å². The first kappa shape index (κ1) is 27.2. The first-order valence-corrected chi connectivity index (χ1v) is 13.5. The van der Waals surface area contributed by atoms with E-state index in [4.69, 9.17) is 25.8 Å². The Hall–Kier alpha value is -4.36. The monoisotopic (exact) mass is 557 g/mol. The summed E-state index contributed by atoms with van der Waals surface area (Å²) in [6, 6.07) is 21.8. The van der Waals surface area contributed by atoms with Gasteiger partial charge in [-0.25, -0.2) is 4.90 Å². The van der Waals surface area contributed by atoms with E-state index < -0.39 is 17.8 Å². The molecule has 4 aromatic carbocycles. The fraction of sp³-hybridized carbons (Fsp3) is 0.219. The molecule has 0 saturated carbocycles. The summed E-state index contributed by atoms with van der Waals surface area (Å²) < 4.78 is 17.4. The minimum Gasteiger partial charge on any atom is -0.492 e. The van der Waals surface area contributed by atoms with Gasteiger partial charge in [-0.05, 0) is 36.6 Å². The molecule has 1 heterocycles. The summed E-state index contributed by atoms with van der Waals surface area (Å²) in [7, 11) is 0. The minimum absolute atomic E-state index is 0.0217. The minimum atomic E-state index is -0.560. The Morgan fingerprint density at radius 3 is 2.02 bits per heavy atom. The molecule has 5 rings (SSSR count). The number of carbonyl (C=O) groups is 3. The summed E-state index contributed by atoms with van der Waals surface area (Å²) in [5.41, 5.74) is 2.01. The molecular weight excluding hydrogens is 530 g/mol. The molecule has 0 atom stereocenters. The number of carbonyl (C=O) groups excluding carboxylic acids is 3. The molecule has 1 aliphatic heterocycles. The lowest BCUT2D eigenvalue weighted by Gasteiger charge is -2.17. The van der Waals surface area contributed by atoms with Gasteiger partial charge in [0.25, 0.3) is 11.8 Å².